The van der Waals surface area contributed by atoms with Gasteiger partial charge in [-0.3, -0.25) is 18.9 Å². The number of benzene rings is 6. The van der Waals surface area contributed by atoms with Gasteiger partial charge in [0, 0.05) is 94.3 Å². The van der Waals surface area contributed by atoms with Crippen LogP contribution < -0.4 is 34.8 Å². The van der Waals surface area contributed by atoms with Crippen molar-refractivity contribution >= 4 is 110 Å². The molecule has 27 nitrogen and oxygen atoms in total. The molecule has 6 aromatic carbocycles. The highest BCUT2D eigenvalue weighted by molar-refractivity contribution is 6.59. The van der Waals surface area contributed by atoms with Gasteiger partial charge in [0.2, 0.25) is 0 Å². The lowest BCUT2D eigenvalue weighted by Gasteiger charge is -2.28. The Morgan fingerprint density at radius 2 is 0.859 bits per heavy atom. The van der Waals surface area contributed by atoms with E-state index >= 15 is 0 Å². The van der Waals surface area contributed by atoms with Crippen LogP contribution in [0.1, 0.15) is 188 Å². The topological polar surface area (TPSA) is 292 Å². The number of nitrogens with zero attached hydrogens (tertiary/aromatic N) is 13. The van der Waals surface area contributed by atoms with E-state index < -0.39 is 53.9 Å². The molecule has 0 bridgehead atoms. The molecular weight excluding hydrogens is 1640 g/mol. The molecule has 8 heterocycles. The van der Waals surface area contributed by atoms with Crippen LogP contribution in [-0.4, -0.2) is 158 Å². The molecule has 128 heavy (non-hydrogen) atoms. The fraction of sp³-hybridized carbons (Fsp3) is 0.354. The van der Waals surface area contributed by atoms with Crippen molar-refractivity contribution in [3.8, 4) is 39.8 Å². The second-order valence-corrected chi connectivity index (χ2v) is 36.4. The van der Waals surface area contributed by atoms with E-state index in [9.17, 15) is 19.2 Å². The number of para-hydroxylation sites is 5. The fourth-order valence-electron chi connectivity index (χ4n) is 14.9. The number of ether oxygens (including phenoxy) is 7. The van der Waals surface area contributed by atoms with Crippen LogP contribution in [0, 0.1) is 0 Å². The normalized spacial score (nSPS) is 12.1. The van der Waals surface area contributed by atoms with Crippen LogP contribution in [0.25, 0.3) is 66.8 Å². The van der Waals surface area contributed by atoms with E-state index in [4.69, 9.17) is 69.9 Å². The number of amides is 2. The molecule has 1 aliphatic rings. The van der Waals surface area contributed by atoms with E-state index in [0.717, 1.165) is 103 Å². The van der Waals surface area contributed by atoms with Gasteiger partial charge in [-0.25, -0.2) is 34.1 Å². The average Bonchev–Trinajstić information content (AvgIpc) is 1.56. The Kier molecular flexibility index (Phi) is 29.3. The number of hydrogen-bond donors (Lipinski definition) is 3. The van der Waals surface area contributed by atoms with Crippen LogP contribution in [0.5, 0.6) is 17.2 Å². The molecule has 15 rings (SSSR count). The van der Waals surface area contributed by atoms with Crippen LogP contribution in [0.2, 0.25) is 5.15 Å². The first kappa shape index (κ1) is 94.1. The average molecular weight is 1760 g/mol. The van der Waals surface area contributed by atoms with Crippen LogP contribution in [0.15, 0.2) is 201 Å². The summed E-state index contributed by atoms with van der Waals surface area (Å²) in [7, 11) is 3.34. The first-order chi connectivity index (χ1) is 60.7. The Morgan fingerprint density at radius 3 is 1.30 bits per heavy atom. The minimum absolute atomic E-state index is 0.139. The van der Waals surface area contributed by atoms with E-state index in [1.165, 1.54) is 37.8 Å². The standard InChI is InChI=1S/C36H43N5O5.C29H36ClN5O4.C27H28N4O.C7H9BO3/c1-23(2)27-21-37-41-31(20-28(38-32(27)41)26-15-11-13-17-30(26)44-9)39(33(42)45-35(3,4)5)19-18-24-22-40(34(43)46-36(6,7)8)29-16-12-10-14-25(24)29;1-18(2)21-16-31-35-24(15-23(30)32-25(21)35)33(26(36)38-28(3,4)5)14-13-19-17-34(27(37)39-29(6,7)8)22-12-10-9-11-20(19)22;1-18(2)23-17-29-31-26(28-15-14-20-13-12-19-8-4-5-9-21(19)20)16-24(30-27(23)31)22-10-6-7-11-25(22)32-3;1-11-7-5-3-2-4-6(7)8(9)10/h10-17,20-23H,18-19H2,1-9H3;9-12,15-18H,13-14H2,1-8H3;4-11,13,16-18,28H,12,14-15H2,1-3H3;2-5,9-10H,1H3. The fourth-order valence-corrected chi connectivity index (χ4v) is 15.1. The minimum Gasteiger partial charge on any atom is -0.497 e. The molecular formula is C99H116BClN14O13. The molecule has 0 unspecified atom stereocenters. The van der Waals surface area contributed by atoms with Crippen LogP contribution in [-0.2, 0) is 38.2 Å². The zero-order valence-corrected chi connectivity index (χ0v) is 77.6. The summed E-state index contributed by atoms with van der Waals surface area (Å²) < 4.78 is 47.5. The van der Waals surface area contributed by atoms with E-state index in [2.05, 4.69) is 84.6 Å². The molecule has 0 fully saturated rings. The van der Waals surface area contributed by atoms with Crippen molar-refractivity contribution in [3.05, 3.63) is 245 Å². The zero-order chi connectivity index (χ0) is 92.4. The molecule has 0 aliphatic heterocycles. The van der Waals surface area contributed by atoms with Crippen molar-refractivity contribution in [1.82, 2.24) is 52.9 Å². The van der Waals surface area contributed by atoms with Crippen LogP contribution >= 0.6 is 11.6 Å². The second-order valence-electron chi connectivity index (χ2n) is 36.0. The van der Waals surface area contributed by atoms with Gasteiger partial charge in [0.25, 0.3) is 0 Å². The summed E-state index contributed by atoms with van der Waals surface area (Å²) >= 11 is 6.44. The van der Waals surface area contributed by atoms with Crippen molar-refractivity contribution < 1.29 is 62.4 Å². The number of carbonyl (C=O) groups is 4. The van der Waals surface area contributed by atoms with Gasteiger partial charge in [0.15, 0.2) is 16.9 Å². The van der Waals surface area contributed by atoms with E-state index in [1.54, 1.807) is 83.3 Å². The number of carbonyl (C=O) groups excluding carboxylic acids is 4. The van der Waals surface area contributed by atoms with Gasteiger partial charge in [0.1, 0.15) is 62.3 Å². The number of rotatable bonds is 21. The minimum atomic E-state index is -1.47. The summed E-state index contributed by atoms with van der Waals surface area (Å²) in [6, 6.07) is 51.9. The van der Waals surface area contributed by atoms with Crippen LogP contribution in [0.4, 0.5) is 36.6 Å². The molecule has 29 heteroatoms. The lowest BCUT2D eigenvalue weighted by atomic mass is 9.80. The number of methoxy groups -OCH3 is 3. The number of aromatic nitrogens is 11. The molecule has 3 N–H and O–H groups in total. The van der Waals surface area contributed by atoms with Gasteiger partial charge in [-0.1, -0.05) is 162 Å². The number of hydrogen-bond acceptors (Lipinski definition) is 20. The third-order valence-corrected chi connectivity index (χ3v) is 21.1. The van der Waals surface area contributed by atoms with Gasteiger partial charge in [-0.15, -0.1) is 0 Å². The Labute approximate surface area is 752 Å². The van der Waals surface area contributed by atoms with Gasteiger partial charge in [-0.2, -0.15) is 28.8 Å². The highest BCUT2D eigenvalue weighted by atomic mass is 35.5. The van der Waals surface area contributed by atoms with Crippen molar-refractivity contribution in [2.24, 2.45) is 0 Å². The highest BCUT2D eigenvalue weighted by Gasteiger charge is 2.33. The maximum absolute atomic E-state index is 14.0. The second kappa shape index (κ2) is 39.9. The quantitative estimate of drug-likeness (QED) is 0.0342. The van der Waals surface area contributed by atoms with Crippen molar-refractivity contribution in [2.75, 3.05) is 56.1 Å². The Bertz CT molecular complexity index is 6350. The van der Waals surface area contributed by atoms with E-state index in [0.29, 0.717) is 64.3 Å². The molecule has 2 amide bonds. The van der Waals surface area contributed by atoms with Gasteiger partial charge < -0.3 is 48.5 Å². The summed E-state index contributed by atoms with van der Waals surface area (Å²) in [5, 5.41) is 37.2. The maximum Gasteiger partial charge on any atom is 0.492 e. The van der Waals surface area contributed by atoms with Gasteiger partial charge in [-0.05, 0) is 197 Å². The molecule has 1 aliphatic carbocycles. The summed E-state index contributed by atoms with van der Waals surface area (Å²) in [5.74, 6) is 4.49. The SMILES string of the molecule is CC(C)c1cnn2c(N(CCc3cn(C(=O)OC(C)(C)C)c4ccccc34)C(=O)OC(C)(C)C)cc(Cl)nc12.COc1ccccc1-c1cc(N(CCc2cn(C(=O)OC(C)(C)C)c3ccccc23)C(=O)OC(C)(C)C)n2ncc(C(C)C)c2n1.COc1ccccc1-c1cc(NCCC2=CCc3ccccc32)n2ncc(C(C)C)c2n1.COc1ccccc1B(O)O. The van der Waals surface area contributed by atoms with E-state index in [-0.39, 0.29) is 30.1 Å². The largest absolute Gasteiger partial charge is 0.497 e. The smallest absolute Gasteiger partial charge is 0.492 e. The summed E-state index contributed by atoms with van der Waals surface area (Å²) in [4.78, 5) is 71.3. The molecule has 8 aromatic heterocycles. The maximum atomic E-state index is 14.0. The zero-order valence-electron chi connectivity index (χ0n) is 76.9. The lowest BCUT2D eigenvalue weighted by Crippen LogP contribution is -2.39. The molecule has 0 atom stereocenters. The number of allylic oxidation sites excluding steroid dienone is 1. The lowest BCUT2D eigenvalue weighted by molar-refractivity contribution is 0.0533. The first-order valence-electron chi connectivity index (χ1n) is 43.0. The van der Waals surface area contributed by atoms with Crippen molar-refractivity contribution in [2.45, 2.75) is 190 Å². The molecule has 14 aromatic rings. The number of nitrogens with one attached hydrogen (secondary N) is 1. The van der Waals surface area contributed by atoms with Crippen LogP contribution in [0.3, 0.4) is 0 Å². The number of halogens is 1. The summed E-state index contributed by atoms with van der Waals surface area (Å²) in [6.45, 7) is 35.9. The van der Waals surface area contributed by atoms with Crippen molar-refractivity contribution in [3.63, 3.8) is 0 Å². The Balaban J connectivity index is 0.000000166. The number of fused-ring (bicyclic) bond motifs is 6. The summed E-state index contributed by atoms with van der Waals surface area (Å²) in [6.07, 6.45) is 12.2. The molecule has 0 saturated heterocycles. The molecule has 670 valence electrons. The Morgan fingerprint density at radius 1 is 0.469 bits per heavy atom. The number of anilines is 3. The predicted molar refractivity (Wildman–Crippen MR) is 506 cm³/mol. The van der Waals surface area contributed by atoms with Gasteiger partial charge in [0.05, 0.1) is 62.3 Å². The Hall–Kier alpha value is -13.0. The third kappa shape index (κ3) is 22.5. The molecule has 0 radical (unpaired) electrons. The van der Waals surface area contributed by atoms with Gasteiger partial charge >= 0.3 is 31.5 Å². The molecule has 0 saturated carbocycles. The van der Waals surface area contributed by atoms with Crippen molar-refractivity contribution in [1.29, 1.82) is 0 Å². The molecule has 0 spiro atoms. The monoisotopic (exact) mass is 1750 g/mol. The van der Waals surface area contributed by atoms with E-state index in [1.807, 2.05) is 211 Å². The summed E-state index contributed by atoms with van der Waals surface area (Å²) in [5.41, 5.74) is 13.5. The first-order valence-corrected chi connectivity index (χ1v) is 43.3. The third-order valence-electron chi connectivity index (χ3n) is 20.9. The predicted octanol–water partition coefficient (Wildman–Crippen LogP) is 20.8. The highest BCUT2D eigenvalue weighted by Crippen LogP contribution is 2.39.